The maximum absolute atomic E-state index is 12.5. The van der Waals surface area contributed by atoms with Gasteiger partial charge >= 0.3 is 0 Å². The molecule has 1 fully saturated rings. The average molecular weight is 372 g/mol. The second kappa shape index (κ2) is 8.26. The van der Waals surface area contributed by atoms with Gasteiger partial charge in [-0.05, 0) is 29.0 Å². The Morgan fingerprint density at radius 1 is 0.714 bits per heavy atom. The van der Waals surface area contributed by atoms with E-state index in [4.69, 9.17) is 0 Å². The van der Waals surface area contributed by atoms with Gasteiger partial charge in [-0.1, -0.05) is 54.6 Å². The Kier molecular flexibility index (Phi) is 5.38. The fourth-order valence-corrected chi connectivity index (χ4v) is 3.74. The van der Waals surface area contributed by atoms with E-state index in [0.717, 1.165) is 23.9 Å². The average Bonchev–Trinajstić information content (AvgIpc) is 2.77. The van der Waals surface area contributed by atoms with Gasteiger partial charge in [0.25, 0.3) is 0 Å². The highest BCUT2D eigenvalue weighted by Gasteiger charge is 2.21. The molecule has 0 aromatic heterocycles. The predicted molar refractivity (Wildman–Crippen MR) is 113 cm³/mol. The van der Waals surface area contributed by atoms with E-state index in [1.54, 1.807) is 0 Å². The van der Waals surface area contributed by atoms with Crippen LogP contribution in [0.5, 0.6) is 0 Å². The van der Waals surface area contributed by atoms with Gasteiger partial charge in [0.2, 0.25) is 5.91 Å². The molecule has 0 bridgehead atoms. The van der Waals surface area contributed by atoms with Crippen molar-refractivity contribution in [2.45, 2.75) is 12.8 Å². The van der Waals surface area contributed by atoms with Crippen LogP contribution in [0.2, 0.25) is 0 Å². The molecule has 0 radical (unpaired) electrons. The fourth-order valence-electron chi connectivity index (χ4n) is 3.74. The van der Waals surface area contributed by atoms with Crippen LogP contribution in [0.15, 0.2) is 72.8 Å². The van der Waals surface area contributed by atoms with Crippen molar-refractivity contribution >= 4 is 28.2 Å². The highest BCUT2D eigenvalue weighted by molar-refractivity contribution is 6.01. The molecular weight excluding hydrogens is 348 g/mol. The van der Waals surface area contributed by atoms with Gasteiger partial charge in [-0.2, -0.15) is 0 Å². The number of anilines is 1. The second-order valence-corrected chi connectivity index (χ2v) is 7.19. The molecule has 3 aromatic carbocycles. The molecule has 0 spiro atoms. The van der Waals surface area contributed by atoms with E-state index in [0.29, 0.717) is 18.7 Å². The third-order valence-electron chi connectivity index (χ3n) is 5.39. The van der Waals surface area contributed by atoms with Gasteiger partial charge < -0.3 is 9.80 Å². The molecule has 4 heteroatoms. The van der Waals surface area contributed by atoms with Crippen molar-refractivity contribution in [3.05, 3.63) is 78.4 Å². The minimum atomic E-state index is 0.0297. The molecule has 0 saturated carbocycles. The molecule has 28 heavy (non-hydrogen) atoms. The van der Waals surface area contributed by atoms with Crippen LogP contribution in [0, 0.1) is 0 Å². The predicted octanol–water partition coefficient (Wildman–Crippen LogP) is 4.15. The fraction of sp³-hybridized carbons (Fsp3) is 0.250. The molecule has 4 rings (SSSR count). The first kappa shape index (κ1) is 18.2. The van der Waals surface area contributed by atoms with Crippen LogP contribution in [-0.4, -0.2) is 42.8 Å². The molecule has 0 N–H and O–H groups in total. The van der Waals surface area contributed by atoms with Crippen LogP contribution < -0.4 is 4.90 Å². The number of hydrogen-bond acceptors (Lipinski definition) is 3. The number of carbonyl (C=O) groups is 2. The zero-order chi connectivity index (χ0) is 19.3. The van der Waals surface area contributed by atoms with E-state index in [9.17, 15) is 9.59 Å². The van der Waals surface area contributed by atoms with E-state index >= 15 is 0 Å². The van der Waals surface area contributed by atoms with Gasteiger partial charge in [-0.3, -0.25) is 9.59 Å². The number of para-hydroxylation sites is 1. The summed E-state index contributed by atoms with van der Waals surface area (Å²) >= 11 is 0. The minimum absolute atomic E-state index is 0.0297. The SMILES string of the molecule is O=C(CCC(=O)N1CCN(c2ccccc2)CC1)c1ccc2ccccc2c1. The van der Waals surface area contributed by atoms with E-state index < -0.39 is 0 Å². The maximum atomic E-state index is 12.5. The quantitative estimate of drug-likeness (QED) is 0.632. The lowest BCUT2D eigenvalue weighted by Gasteiger charge is -2.36. The Morgan fingerprint density at radius 2 is 1.39 bits per heavy atom. The first-order valence-corrected chi connectivity index (χ1v) is 9.80. The zero-order valence-electron chi connectivity index (χ0n) is 15.9. The summed E-state index contributed by atoms with van der Waals surface area (Å²) in [7, 11) is 0. The summed E-state index contributed by atoms with van der Waals surface area (Å²) < 4.78 is 0. The number of nitrogens with zero attached hydrogens (tertiary/aromatic N) is 2. The molecular formula is C24H24N2O2. The number of rotatable bonds is 5. The molecule has 142 valence electrons. The first-order valence-electron chi connectivity index (χ1n) is 9.80. The van der Waals surface area contributed by atoms with Gasteiger partial charge in [0.05, 0.1) is 0 Å². The van der Waals surface area contributed by atoms with Crippen LogP contribution >= 0.6 is 0 Å². The summed E-state index contributed by atoms with van der Waals surface area (Å²) in [6.07, 6.45) is 0.535. The van der Waals surface area contributed by atoms with Crippen molar-refractivity contribution in [1.29, 1.82) is 0 Å². The molecule has 1 saturated heterocycles. The number of hydrogen-bond donors (Lipinski definition) is 0. The lowest BCUT2D eigenvalue weighted by molar-refractivity contribution is -0.131. The summed E-state index contributed by atoms with van der Waals surface area (Å²) in [5.41, 5.74) is 1.88. The number of Topliss-reactive ketones (excluding diaryl/α,β-unsaturated/α-hetero) is 1. The first-order chi connectivity index (χ1) is 13.7. The highest BCUT2D eigenvalue weighted by Crippen LogP contribution is 2.18. The molecule has 0 aliphatic carbocycles. The lowest BCUT2D eigenvalue weighted by Crippen LogP contribution is -2.48. The van der Waals surface area contributed by atoms with Crippen LogP contribution in [0.1, 0.15) is 23.2 Å². The number of carbonyl (C=O) groups excluding carboxylic acids is 2. The monoisotopic (exact) mass is 372 g/mol. The standard InChI is InChI=1S/C24H24N2O2/c27-23(21-11-10-19-6-4-5-7-20(19)18-21)12-13-24(28)26-16-14-25(15-17-26)22-8-2-1-3-9-22/h1-11,18H,12-17H2. The van der Waals surface area contributed by atoms with Gasteiger partial charge in [0.1, 0.15) is 0 Å². The molecule has 1 aliphatic rings. The Labute approximate surface area is 165 Å². The number of amides is 1. The molecule has 1 aliphatic heterocycles. The topological polar surface area (TPSA) is 40.6 Å². The summed E-state index contributed by atoms with van der Waals surface area (Å²) in [5.74, 6) is 0.101. The lowest BCUT2D eigenvalue weighted by atomic mass is 10.0. The van der Waals surface area contributed by atoms with E-state index in [-0.39, 0.29) is 24.5 Å². The molecule has 3 aromatic rings. The van der Waals surface area contributed by atoms with Crippen LogP contribution in [-0.2, 0) is 4.79 Å². The van der Waals surface area contributed by atoms with Gasteiger partial charge in [0, 0.05) is 50.3 Å². The summed E-state index contributed by atoms with van der Waals surface area (Å²) in [5, 5.41) is 2.17. The molecule has 4 nitrogen and oxygen atoms in total. The summed E-state index contributed by atoms with van der Waals surface area (Å²) in [4.78, 5) is 29.3. The Hall–Kier alpha value is -3.14. The van der Waals surface area contributed by atoms with Crippen molar-refractivity contribution in [3.8, 4) is 0 Å². The number of ketones is 1. The van der Waals surface area contributed by atoms with Crippen molar-refractivity contribution in [2.75, 3.05) is 31.1 Å². The third-order valence-corrected chi connectivity index (χ3v) is 5.39. The summed E-state index contributed by atoms with van der Waals surface area (Å²) in [6.45, 7) is 3.07. The molecule has 0 atom stereocenters. The molecule has 1 heterocycles. The van der Waals surface area contributed by atoms with Crippen molar-refractivity contribution in [3.63, 3.8) is 0 Å². The number of benzene rings is 3. The number of fused-ring (bicyclic) bond motifs is 1. The van der Waals surface area contributed by atoms with E-state index in [1.165, 1.54) is 5.69 Å². The van der Waals surface area contributed by atoms with Crippen LogP contribution in [0.25, 0.3) is 10.8 Å². The van der Waals surface area contributed by atoms with E-state index in [1.807, 2.05) is 65.6 Å². The van der Waals surface area contributed by atoms with Gasteiger partial charge in [-0.15, -0.1) is 0 Å². The molecule has 0 unspecified atom stereocenters. The zero-order valence-corrected chi connectivity index (χ0v) is 15.9. The smallest absolute Gasteiger partial charge is 0.223 e. The summed E-state index contributed by atoms with van der Waals surface area (Å²) in [6, 6.07) is 24.0. The second-order valence-electron chi connectivity index (χ2n) is 7.19. The van der Waals surface area contributed by atoms with Gasteiger partial charge in [-0.25, -0.2) is 0 Å². The molecule has 1 amide bonds. The van der Waals surface area contributed by atoms with Crippen LogP contribution in [0.4, 0.5) is 5.69 Å². The Morgan fingerprint density at radius 3 is 2.14 bits per heavy atom. The van der Waals surface area contributed by atoms with E-state index in [2.05, 4.69) is 17.0 Å². The minimum Gasteiger partial charge on any atom is -0.368 e. The largest absolute Gasteiger partial charge is 0.368 e. The maximum Gasteiger partial charge on any atom is 0.223 e. The number of piperazine rings is 1. The Bertz CT molecular complexity index is 976. The van der Waals surface area contributed by atoms with Crippen molar-refractivity contribution in [1.82, 2.24) is 4.90 Å². The third kappa shape index (κ3) is 4.06. The van der Waals surface area contributed by atoms with Crippen molar-refractivity contribution in [2.24, 2.45) is 0 Å². The normalized spacial score (nSPS) is 14.3. The van der Waals surface area contributed by atoms with Crippen LogP contribution in [0.3, 0.4) is 0 Å². The highest BCUT2D eigenvalue weighted by atomic mass is 16.2. The van der Waals surface area contributed by atoms with Gasteiger partial charge in [0.15, 0.2) is 5.78 Å². The Balaban J connectivity index is 1.30. The van der Waals surface area contributed by atoms with Crippen molar-refractivity contribution < 1.29 is 9.59 Å².